The maximum Gasteiger partial charge on any atom is 0.209 e. The highest BCUT2D eigenvalue weighted by Gasteiger charge is 2.17. The second kappa shape index (κ2) is 8.14. The maximum atomic E-state index is 11.0. The molecule has 2 aromatic rings. The van der Waals surface area contributed by atoms with Gasteiger partial charge in [0.2, 0.25) is 10.0 Å². The smallest absolute Gasteiger partial charge is 0.209 e. The van der Waals surface area contributed by atoms with Gasteiger partial charge in [-0.15, -0.1) is 0 Å². The number of hydrogen-bond donors (Lipinski definition) is 2. The number of rotatable bonds is 9. The number of nitrogens with two attached hydrogens (primary N) is 2. The number of nitrogens with zero attached hydrogens (tertiary/aromatic N) is 3. The van der Waals surface area contributed by atoms with E-state index < -0.39 is 10.0 Å². The Balaban J connectivity index is 2.25. The summed E-state index contributed by atoms with van der Waals surface area (Å²) in [5.74, 6) is 1.55. The van der Waals surface area contributed by atoms with Gasteiger partial charge in [0.05, 0.1) is 11.3 Å². The van der Waals surface area contributed by atoms with Gasteiger partial charge in [0.15, 0.2) is 5.82 Å². The van der Waals surface area contributed by atoms with Crippen molar-refractivity contribution in [2.75, 3.05) is 11.5 Å². The average molecular weight is 368 g/mol. The van der Waals surface area contributed by atoms with Gasteiger partial charge in [-0.25, -0.2) is 23.5 Å². The molecular weight excluding hydrogens is 338 g/mol. The van der Waals surface area contributed by atoms with E-state index in [1.165, 1.54) is 0 Å². The summed E-state index contributed by atoms with van der Waals surface area (Å²) < 4.78 is 24.3. The number of imidazole rings is 1. The lowest BCUT2D eigenvalue weighted by Gasteiger charge is -2.11. The minimum atomic E-state index is -3.38. The predicted molar refractivity (Wildman–Crippen MR) is 102 cm³/mol. The van der Waals surface area contributed by atoms with E-state index in [1.54, 1.807) is 0 Å². The molecule has 0 fully saturated rings. The van der Waals surface area contributed by atoms with Crippen molar-refractivity contribution < 1.29 is 8.42 Å². The first kappa shape index (κ1) is 19.7. The Morgan fingerprint density at radius 3 is 2.44 bits per heavy atom. The van der Waals surface area contributed by atoms with E-state index in [9.17, 15) is 8.42 Å². The zero-order chi connectivity index (χ0) is 18.6. The van der Waals surface area contributed by atoms with Crippen LogP contribution in [0.15, 0.2) is 0 Å². The van der Waals surface area contributed by atoms with Crippen LogP contribution in [0.2, 0.25) is 0 Å². The van der Waals surface area contributed by atoms with Crippen molar-refractivity contribution in [1.29, 1.82) is 0 Å². The fourth-order valence-electron chi connectivity index (χ4n) is 3.06. The summed E-state index contributed by atoms with van der Waals surface area (Å²) >= 11 is 0. The highest BCUT2D eigenvalue weighted by Crippen LogP contribution is 2.27. The molecule has 140 valence electrons. The molecular formula is C17H29N5O2S. The van der Waals surface area contributed by atoms with Gasteiger partial charge >= 0.3 is 0 Å². The molecule has 0 atom stereocenters. The standard InChI is InChI=1S/C17H29N5O2S/c1-4-5-9-14-21-15-16(12(2)13(3)20-17(15)18)22(14)10-7-6-8-11-25(19,23)24/h4-11H2,1-3H3,(H2,18,20)(H2,19,23,24). The Labute approximate surface area is 149 Å². The molecule has 25 heavy (non-hydrogen) atoms. The second-order valence-corrected chi connectivity index (χ2v) is 8.35. The second-order valence-electron chi connectivity index (χ2n) is 6.62. The molecule has 8 heteroatoms. The quantitative estimate of drug-likeness (QED) is 0.660. The summed E-state index contributed by atoms with van der Waals surface area (Å²) in [6.07, 6.45) is 5.34. The predicted octanol–water partition coefficient (Wildman–Crippen LogP) is 2.43. The maximum absolute atomic E-state index is 11.0. The number of fused-ring (bicyclic) bond motifs is 1. The third-order valence-electron chi connectivity index (χ3n) is 4.54. The van der Waals surface area contributed by atoms with Gasteiger partial charge in [0.25, 0.3) is 0 Å². The van der Waals surface area contributed by atoms with E-state index >= 15 is 0 Å². The van der Waals surface area contributed by atoms with Crippen LogP contribution in [0, 0.1) is 13.8 Å². The van der Waals surface area contributed by atoms with Crippen molar-refractivity contribution in [3.8, 4) is 0 Å². The molecule has 2 rings (SSSR count). The molecule has 0 aliphatic heterocycles. The topological polar surface area (TPSA) is 117 Å². The summed E-state index contributed by atoms with van der Waals surface area (Å²) in [5, 5.41) is 5.05. The Morgan fingerprint density at radius 2 is 1.80 bits per heavy atom. The highest BCUT2D eigenvalue weighted by atomic mass is 32.2. The van der Waals surface area contributed by atoms with Gasteiger partial charge in [-0.3, -0.25) is 0 Å². The molecule has 0 bridgehead atoms. The van der Waals surface area contributed by atoms with Crippen LogP contribution in [0.1, 0.15) is 56.1 Å². The molecule has 4 N–H and O–H groups in total. The number of nitrogen functional groups attached to an aromatic ring is 1. The Morgan fingerprint density at radius 1 is 1.08 bits per heavy atom. The fourth-order valence-corrected chi connectivity index (χ4v) is 3.67. The van der Waals surface area contributed by atoms with E-state index in [0.29, 0.717) is 12.2 Å². The summed E-state index contributed by atoms with van der Waals surface area (Å²) in [7, 11) is -3.38. The molecule has 7 nitrogen and oxygen atoms in total. The lowest BCUT2D eigenvalue weighted by atomic mass is 10.1. The van der Waals surface area contributed by atoms with Gasteiger partial charge in [0, 0.05) is 18.7 Å². The van der Waals surface area contributed by atoms with Crippen molar-refractivity contribution >= 4 is 26.9 Å². The molecule has 2 aromatic heterocycles. The summed E-state index contributed by atoms with van der Waals surface area (Å²) in [4.78, 5) is 9.14. The number of hydrogen-bond acceptors (Lipinski definition) is 5. The monoisotopic (exact) mass is 367 g/mol. The molecule has 0 saturated heterocycles. The van der Waals surface area contributed by atoms with E-state index in [0.717, 1.165) is 66.8 Å². The number of anilines is 1. The number of unbranched alkanes of at least 4 members (excludes halogenated alkanes) is 3. The minimum Gasteiger partial charge on any atom is -0.382 e. The molecule has 0 aliphatic carbocycles. The van der Waals surface area contributed by atoms with Crippen LogP contribution in [-0.4, -0.2) is 28.7 Å². The van der Waals surface area contributed by atoms with E-state index in [1.807, 2.05) is 13.8 Å². The van der Waals surface area contributed by atoms with Crippen molar-refractivity contribution in [2.24, 2.45) is 5.14 Å². The Bertz CT molecular complexity index is 843. The zero-order valence-corrected chi connectivity index (χ0v) is 16.2. The first-order chi connectivity index (χ1) is 11.7. The normalized spacial score (nSPS) is 12.2. The van der Waals surface area contributed by atoms with Gasteiger partial charge < -0.3 is 10.3 Å². The zero-order valence-electron chi connectivity index (χ0n) is 15.4. The number of primary sulfonamides is 1. The highest BCUT2D eigenvalue weighted by molar-refractivity contribution is 7.89. The van der Waals surface area contributed by atoms with Crippen LogP contribution in [0.5, 0.6) is 0 Å². The number of sulfonamides is 1. The van der Waals surface area contributed by atoms with Gasteiger partial charge in [-0.05, 0) is 38.7 Å². The molecule has 0 aromatic carbocycles. The van der Waals surface area contributed by atoms with Crippen LogP contribution in [0.3, 0.4) is 0 Å². The molecule has 0 unspecified atom stereocenters. The first-order valence-corrected chi connectivity index (χ1v) is 10.6. The SMILES string of the molecule is CCCCc1nc2c(N)nc(C)c(C)c2n1CCCCCS(N)(=O)=O. The summed E-state index contributed by atoms with van der Waals surface area (Å²) in [5.41, 5.74) is 9.95. The van der Waals surface area contributed by atoms with Crippen LogP contribution < -0.4 is 10.9 Å². The van der Waals surface area contributed by atoms with Crippen LogP contribution in [0.4, 0.5) is 5.82 Å². The largest absolute Gasteiger partial charge is 0.382 e. The van der Waals surface area contributed by atoms with Crippen LogP contribution in [0.25, 0.3) is 11.0 Å². The van der Waals surface area contributed by atoms with Crippen LogP contribution in [-0.2, 0) is 23.0 Å². The van der Waals surface area contributed by atoms with E-state index in [2.05, 4.69) is 16.5 Å². The van der Waals surface area contributed by atoms with Gasteiger partial charge in [-0.2, -0.15) is 0 Å². The molecule has 0 saturated carbocycles. The van der Waals surface area contributed by atoms with E-state index in [4.69, 9.17) is 15.9 Å². The third-order valence-corrected chi connectivity index (χ3v) is 5.40. The number of aromatic nitrogens is 3. The van der Waals surface area contributed by atoms with Crippen molar-refractivity contribution in [2.45, 2.75) is 65.8 Å². The fraction of sp³-hybridized carbons (Fsp3) is 0.647. The molecule has 0 spiro atoms. The number of pyridine rings is 1. The van der Waals surface area contributed by atoms with Crippen molar-refractivity contribution in [1.82, 2.24) is 14.5 Å². The molecule has 0 amide bonds. The molecule has 0 aliphatic rings. The van der Waals surface area contributed by atoms with Crippen molar-refractivity contribution in [3.63, 3.8) is 0 Å². The van der Waals surface area contributed by atoms with Crippen LogP contribution >= 0.6 is 0 Å². The third kappa shape index (κ3) is 4.92. The molecule has 0 radical (unpaired) electrons. The summed E-state index contributed by atoms with van der Waals surface area (Å²) in [6.45, 7) is 6.96. The van der Waals surface area contributed by atoms with E-state index in [-0.39, 0.29) is 5.75 Å². The molecule has 2 heterocycles. The Kier molecular flexibility index (Phi) is 6.40. The number of aryl methyl sites for hydroxylation is 4. The lowest BCUT2D eigenvalue weighted by molar-refractivity contribution is 0.570. The Hall–Kier alpha value is -1.67. The lowest BCUT2D eigenvalue weighted by Crippen LogP contribution is -2.16. The van der Waals surface area contributed by atoms with Gasteiger partial charge in [0.1, 0.15) is 11.3 Å². The first-order valence-electron chi connectivity index (χ1n) is 8.86. The average Bonchev–Trinajstić information content (AvgIpc) is 2.88. The van der Waals surface area contributed by atoms with Gasteiger partial charge in [-0.1, -0.05) is 19.8 Å². The summed E-state index contributed by atoms with van der Waals surface area (Å²) in [6, 6.07) is 0. The minimum absolute atomic E-state index is 0.0371. The van der Waals surface area contributed by atoms with Crippen molar-refractivity contribution in [3.05, 3.63) is 17.1 Å².